The highest BCUT2D eigenvalue weighted by Gasteiger charge is 2.06. The zero-order valence-corrected chi connectivity index (χ0v) is 14.9. The molecule has 0 unspecified atom stereocenters. The highest BCUT2D eigenvalue weighted by atomic mass is 19.1. The topological polar surface area (TPSA) is 49.8 Å². The van der Waals surface area contributed by atoms with E-state index in [0.29, 0.717) is 12.4 Å². The fraction of sp³-hybridized carbons (Fsp3) is 0.238. The summed E-state index contributed by atoms with van der Waals surface area (Å²) in [6.45, 7) is 3.69. The molecule has 26 heavy (non-hydrogen) atoms. The normalized spacial score (nSPS) is 10.5. The van der Waals surface area contributed by atoms with Gasteiger partial charge < -0.3 is 10.6 Å². The van der Waals surface area contributed by atoms with Gasteiger partial charge in [-0.15, -0.1) is 0 Å². The average Bonchev–Trinajstić information content (AvgIpc) is 2.68. The van der Waals surface area contributed by atoms with Crippen LogP contribution >= 0.6 is 0 Å². The number of benzene rings is 2. The van der Waals surface area contributed by atoms with Crippen LogP contribution in [-0.4, -0.2) is 23.1 Å². The molecule has 0 atom stereocenters. The van der Waals surface area contributed by atoms with Gasteiger partial charge in [-0.05, 0) is 30.5 Å². The number of nitrogens with zero attached hydrogens (tertiary/aromatic N) is 2. The van der Waals surface area contributed by atoms with E-state index < -0.39 is 0 Å². The molecule has 0 fully saturated rings. The van der Waals surface area contributed by atoms with Gasteiger partial charge >= 0.3 is 0 Å². The Balaban J connectivity index is 1.73. The molecule has 0 bridgehead atoms. The van der Waals surface area contributed by atoms with Crippen LogP contribution in [0.15, 0.2) is 60.7 Å². The van der Waals surface area contributed by atoms with Crippen molar-refractivity contribution < 1.29 is 4.39 Å². The molecule has 0 saturated heterocycles. The van der Waals surface area contributed by atoms with E-state index >= 15 is 0 Å². The van der Waals surface area contributed by atoms with Crippen LogP contribution in [0.1, 0.15) is 18.9 Å². The summed E-state index contributed by atoms with van der Waals surface area (Å²) in [6.07, 6.45) is 1.82. The van der Waals surface area contributed by atoms with Gasteiger partial charge in [-0.25, -0.2) is 14.4 Å². The molecule has 0 saturated carbocycles. The maximum Gasteiger partial charge on any atom is 0.163 e. The first kappa shape index (κ1) is 17.9. The van der Waals surface area contributed by atoms with Crippen molar-refractivity contribution >= 4 is 11.6 Å². The van der Waals surface area contributed by atoms with Crippen molar-refractivity contribution in [1.29, 1.82) is 0 Å². The zero-order valence-electron chi connectivity index (χ0n) is 14.9. The largest absolute Gasteiger partial charge is 0.370 e. The Morgan fingerprint density at radius 2 is 1.50 bits per heavy atom. The lowest BCUT2D eigenvalue weighted by atomic mass is 10.1. The SMILES string of the molecule is CCCNc1cc(NCCc2ccc(F)cc2)nc(-c2ccccc2)n1. The summed E-state index contributed by atoms with van der Waals surface area (Å²) in [5, 5.41) is 6.68. The molecule has 2 N–H and O–H groups in total. The summed E-state index contributed by atoms with van der Waals surface area (Å²) < 4.78 is 13.0. The molecule has 0 spiro atoms. The van der Waals surface area contributed by atoms with Crippen LogP contribution in [0, 0.1) is 5.82 Å². The number of rotatable bonds is 8. The van der Waals surface area contributed by atoms with Gasteiger partial charge in [-0.3, -0.25) is 0 Å². The van der Waals surface area contributed by atoms with Gasteiger partial charge in [0.2, 0.25) is 0 Å². The standard InChI is InChI=1S/C21H23FN4/c1-2-13-23-19-15-20(24-14-12-16-8-10-18(22)11-9-16)26-21(25-19)17-6-4-3-5-7-17/h3-11,15H,2,12-14H2,1H3,(H2,23,24,25,26). The second-order valence-electron chi connectivity index (χ2n) is 6.06. The molecule has 134 valence electrons. The summed E-state index contributed by atoms with van der Waals surface area (Å²) in [5.41, 5.74) is 2.06. The predicted octanol–water partition coefficient (Wildman–Crippen LogP) is 4.76. The zero-order chi connectivity index (χ0) is 18.2. The van der Waals surface area contributed by atoms with Crippen LogP contribution in [0.4, 0.5) is 16.0 Å². The lowest BCUT2D eigenvalue weighted by Gasteiger charge is -2.11. The van der Waals surface area contributed by atoms with Gasteiger partial charge in [0.05, 0.1) is 0 Å². The maximum absolute atomic E-state index is 13.0. The first-order valence-corrected chi connectivity index (χ1v) is 8.91. The first-order valence-electron chi connectivity index (χ1n) is 8.91. The third-order valence-electron chi connectivity index (χ3n) is 3.95. The van der Waals surface area contributed by atoms with E-state index in [1.165, 1.54) is 12.1 Å². The molecule has 0 amide bonds. The number of anilines is 2. The molecule has 1 heterocycles. The number of hydrogen-bond donors (Lipinski definition) is 2. The Hall–Kier alpha value is -2.95. The third kappa shape index (κ3) is 5.02. The minimum atomic E-state index is -0.211. The molecule has 0 radical (unpaired) electrons. The highest BCUT2D eigenvalue weighted by Crippen LogP contribution is 2.20. The molecule has 0 aliphatic heterocycles. The van der Waals surface area contributed by atoms with E-state index in [9.17, 15) is 4.39 Å². The second-order valence-corrected chi connectivity index (χ2v) is 6.06. The van der Waals surface area contributed by atoms with Crippen LogP contribution in [0.2, 0.25) is 0 Å². The molecule has 5 heteroatoms. The summed E-state index contributed by atoms with van der Waals surface area (Å²) in [4.78, 5) is 9.25. The summed E-state index contributed by atoms with van der Waals surface area (Å²) in [5.74, 6) is 2.07. The van der Waals surface area contributed by atoms with Crippen LogP contribution in [-0.2, 0) is 6.42 Å². The second kappa shape index (κ2) is 8.94. The van der Waals surface area contributed by atoms with Crippen molar-refractivity contribution in [2.45, 2.75) is 19.8 Å². The lowest BCUT2D eigenvalue weighted by Crippen LogP contribution is -2.09. The van der Waals surface area contributed by atoms with Crippen molar-refractivity contribution in [3.05, 3.63) is 72.0 Å². The van der Waals surface area contributed by atoms with Gasteiger partial charge in [0.15, 0.2) is 5.82 Å². The fourth-order valence-corrected chi connectivity index (χ4v) is 2.58. The number of nitrogens with one attached hydrogen (secondary N) is 2. The minimum absolute atomic E-state index is 0.211. The van der Waals surface area contributed by atoms with Gasteiger partial charge in [-0.1, -0.05) is 49.4 Å². The molecular weight excluding hydrogens is 327 g/mol. The van der Waals surface area contributed by atoms with Crippen molar-refractivity contribution in [3.63, 3.8) is 0 Å². The summed E-state index contributed by atoms with van der Waals surface area (Å²) in [7, 11) is 0. The Labute approximate surface area is 153 Å². The van der Waals surface area contributed by atoms with Gasteiger partial charge in [0.25, 0.3) is 0 Å². The van der Waals surface area contributed by atoms with Crippen LogP contribution in [0.3, 0.4) is 0 Å². The monoisotopic (exact) mass is 350 g/mol. The Bertz CT molecular complexity index is 819. The van der Waals surface area contributed by atoms with Crippen molar-refractivity contribution in [1.82, 2.24) is 9.97 Å². The Morgan fingerprint density at radius 1 is 0.846 bits per heavy atom. The summed E-state index contributed by atoms with van der Waals surface area (Å²) >= 11 is 0. The van der Waals surface area contributed by atoms with E-state index in [1.54, 1.807) is 12.1 Å². The molecule has 0 aliphatic carbocycles. The van der Waals surface area contributed by atoms with Gasteiger partial charge in [0, 0.05) is 24.7 Å². The van der Waals surface area contributed by atoms with Crippen molar-refractivity contribution in [3.8, 4) is 11.4 Å². The lowest BCUT2D eigenvalue weighted by molar-refractivity contribution is 0.627. The van der Waals surface area contributed by atoms with Crippen LogP contribution in [0.25, 0.3) is 11.4 Å². The fourth-order valence-electron chi connectivity index (χ4n) is 2.58. The quantitative estimate of drug-likeness (QED) is 0.615. The molecule has 0 aliphatic rings. The minimum Gasteiger partial charge on any atom is -0.370 e. The molecular formula is C21H23FN4. The highest BCUT2D eigenvalue weighted by molar-refractivity contribution is 5.61. The van der Waals surface area contributed by atoms with E-state index in [-0.39, 0.29) is 5.82 Å². The molecule has 2 aromatic carbocycles. The van der Waals surface area contributed by atoms with Crippen molar-refractivity contribution in [2.24, 2.45) is 0 Å². The van der Waals surface area contributed by atoms with Gasteiger partial charge in [-0.2, -0.15) is 0 Å². The molecule has 1 aromatic heterocycles. The third-order valence-corrected chi connectivity index (χ3v) is 3.95. The average molecular weight is 350 g/mol. The number of hydrogen-bond acceptors (Lipinski definition) is 4. The summed E-state index contributed by atoms with van der Waals surface area (Å²) in [6, 6.07) is 18.4. The van der Waals surface area contributed by atoms with Crippen LogP contribution < -0.4 is 10.6 Å². The first-order chi connectivity index (χ1) is 12.7. The van der Waals surface area contributed by atoms with Gasteiger partial charge in [0.1, 0.15) is 17.5 Å². The van der Waals surface area contributed by atoms with E-state index in [0.717, 1.165) is 42.1 Å². The molecule has 3 aromatic rings. The van der Waals surface area contributed by atoms with Crippen molar-refractivity contribution in [2.75, 3.05) is 23.7 Å². The van der Waals surface area contributed by atoms with Crippen LogP contribution in [0.5, 0.6) is 0 Å². The molecule has 3 rings (SSSR count). The Morgan fingerprint density at radius 3 is 2.15 bits per heavy atom. The number of aromatic nitrogens is 2. The van der Waals surface area contributed by atoms with E-state index in [2.05, 4.69) is 27.5 Å². The predicted molar refractivity (Wildman–Crippen MR) is 105 cm³/mol. The smallest absolute Gasteiger partial charge is 0.163 e. The number of halogens is 1. The maximum atomic E-state index is 13.0. The van der Waals surface area contributed by atoms with E-state index in [4.69, 9.17) is 0 Å². The molecule has 4 nitrogen and oxygen atoms in total. The Kier molecular flexibility index (Phi) is 6.14. The van der Waals surface area contributed by atoms with E-state index in [1.807, 2.05) is 36.4 Å².